The maximum Gasteiger partial charge on any atom is 0.253 e. The molecule has 0 radical (unpaired) electrons. The first-order valence-corrected chi connectivity index (χ1v) is 10.4. The highest BCUT2D eigenvalue weighted by atomic mass is 35.5. The first kappa shape index (κ1) is 23.2. The Morgan fingerprint density at radius 2 is 1.62 bits per heavy atom. The summed E-state index contributed by atoms with van der Waals surface area (Å²) in [7, 11) is 0. The Labute approximate surface area is 177 Å². The number of piperazine rings is 1. The molecule has 0 spiro atoms. The monoisotopic (exact) mass is 422 g/mol. The van der Waals surface area contributed by atoms with Gasteiger partial charge in [-0.15, -0.1) is 0 Å². The highest BCUT2D eigenvalue weighted by Crippen LogP contribution is 2.16. The number of nitrogens with one attached hydrogen (secondary N) is 2. The van der Waals surface area contributed by atoms with Crippen LogP contribution in [0.15, 0.2) is 24.3 Å². The van der Waals surface area contributed by atoms with Crippen molar-refractivity contribution in [2.45, 2.75) is 39.8 Å². The number of benzene rings is 1. The molecule has 1 aromatic carbocycles. The molecule has 1 aliphatic heterocycles. The zero-order valence-electron chi connectivity index (χ0n) is 17.6. The third-order valence-corrected chi connectivity index (χ3v) is 5.17. The Hall–Kier alpha value is -2.12. The Bertz CT molecular complexity index is 730. The summed E-state index contributed by atoms with van der Waals surface area (Å²) in [5.41, 5.74) is 0.355. The minimum absolute atomic E-state index is 0.00756. The largest absolute Gasteiger partial charge is 0.353 e. The highest BCUT2D eigenvalue weighted by molar-refractivity contribution is 6.33. The number of amides is 3. The number of carbonyl (C=O) groups is 3. The highest BCUT2D eigenvalue weighted by Gasteiger charge is 2.31. The van der Waals surface area contributed by atoms with Crippen molar-refractivity contribution < 1.29 is 14.4 Å². The van der Waals surface area contributed by atoms with Gasteiger partial charge in [-0.2, -0.15) is 0 Å². The van der Waals surface area contributed by atoms with Crippen molar-refractivity contribution in [2.24, 2.45) is 5.92 Å². The average molecular weight is 423 g/mol. The number of rotatable bonds is 7. The smallest absolute Gasteiger partial charge is 0.253 e. The van der Waals surface area contributed by atoms with Crippen molar-refractivity contribution in [2.75, 3.05) is 32.7 Å². The van der Waals surface area contributed by atoms with Crippen molar-refractivity contribution in [3.05, 3.63) is 34.9 Å². The van der Waals surface area contributed by atoms with Crippen LogP contribution in [0.25, 0.3) is 0 Å². The predicted molar refractivity (Wildman–Crippen MR) is 114 cm³/mol. The second-order valence-electron chi connectivity index (χ2n) is 8.00. The third kappa shape index (κ3) is 6.72. The van der Waals surface area contributed by atoms with Crippen LogP contribution in [0.2, 0.25) is 5.02 Å². The first-order chi connectivity index (χ1) is 13.7. The Balaban J connectivity index is 1.94. The zero-order chi connectivity index (χ0) is 21.6. The lowest BCUT2D eigenvalue weighted by Gasteiger charge is -2.37. The molecular formula is C21H31ClN4O3. The van der Waals surface area contributed by atoms with Crippen LogP contribution in [0.3, 0.4) is 0 Å². The molecular weight excluding hydrogens is 392 g/mol. The van der Waals surface area contributed by atoms with Crippen LogP contribution in [0.1, 0.15) is 38.1 Å². The van der Waals surface area contributed by atoms with Gasteiger partial charge in [0.25, 0.3) is 5.91 Å². The zero-order valence-corrected chi connectivity index (χ0v) is 18.3. The van der Waals surface area contributed by atoms with Gasteiger partial charge < -0.3 is 15.5 Å². The summed E-state index contributed by atoms with van der Waals surface area (Å²) >= 11 is 6.11. The average Bonchev–Trinajstić information content (AvgIpc) is 2.65. The molecule has 1 heterocycles. The van der Waals surface area contributed by atoms with Crippen LogP contribution in [-0.2, 0) is 9.59 Å². The molecule has 1 saturated heterocycles. The molecule has 1 fully saturated rings. The number of hydrogen-bond acceptors (Lipinski definition) is 4. The summed E-state index contributed by atoms with van der Waals surface area (Å²) in [5.74, 6) is -0.533. The number of carbonyl (C=O) groups excluding carboxylic acids is 3. The van der Waals surface area contributed by atoms with Crippen molar-refractivity contribution in [1.82, 2.24) is 20.4 Å². The maximum absolute atomic E-state index is 13.0. The lowest BCUT2D eigenvalue weighted by molar-refractivity contribution is -0.136. The fraction of sp³-hybridized carbons (Fsp3) is 0.571. The van der Waals surface area contributed by atoms with Gasteiger partial charge in [0.1, 0.15) is 6.04 Å². The van der Waals surface area contributed by atoms with Gasteiger partial charge in [0.15, 0.2) is 0 Å². The number of halogens is 1. The molecule has 2 rings (SSSR count). The van der Waals surface area contributed by atoms with E-state index in [9.17, 15) is 14.4 Å². The fourth-order valence-electron chi connectivity index (χ4n) is 3.27. The van der Waals surface area contributed by atoms with Gasteiger partial charge in [-0.3, -0.25) is 19.3 Å². The summed E-state index contributed by atoms with van der Waals surface area (Å²) in [4.78, 5) is 41.4. The van der Waals surface area contributed by atoms with Gasteiger partial charge in [0.05, 0.1) is 17.1 Å². The number of hydrogen-bond donors (Lipinski definition) is 2. The van der Waals surface area contributed by atoms with Gasteiger partial charge in [0, 0.05) is 32.2 Å². The van der Waals surface area contributed by atoms with E-state index in [1.807, 2.05) is 32.6 Å². The van der Waals surface area contributed by atoms with Crippen LogP contribution in [-0.4, -0.2) is 72.3 Å². The molecule has 0 aromatic heterocycles. The van der Waals surface area contributed by atoms with E-state index in [1.54, 1.807) is 29.2 Å². The molecule has 2 N–H and O–H groups in total. The predicted octanol–water partition coefficient (Wildman–Crippen LogP) is 1.76. The molecule has 1 aromatic rings. The summed E-state index contributed by atoms with van der Waals surface area (Å²) in [6.45, 7) is 10.3. The Morgan fingerprint density at radius 1 is 1.00 bits per heavy atom. The van der Waals surface area contributed by atoms with Gasteiger partial charge >= 0.3 is 0 Å². The third-order valence-electron chi connectivity index (χ3n) is 4.84. The van der Waals surface area contributed by atoms with E-state index in [0.29, 0.717) is 43.3 Å². The van der Waals surface area contributed by atoms with Crippen LogP contribution in [0.4, 0.5) is 0 Å². The summed E-state index contributed by atoms with van der Waals surface area (Å²) in [6, 6.07) is 6.26. The van der Waals surface area contributed by atoms with Crippen LogP contribution < -0.4 is 10.6 Å². The quantitative estimate of drug-likeness (QED) is 0.701. The van der Waals surface area contributed by atoms with Gasteiger partial charge in [-0.1, -0.05) is 37.6 Å². The topological polar surface area (TPSA) is 81.8 Å². The van der Waals surface area contributed by atoms with Gasteiger partial charge in [0.2, 0.25) is 11.8 Å². The van der Waals surface area contributed by atoms with Crippen LogP contribution >= 0.6 is 11.6 Å². The van der Waals surface area contributed by atoms with Crippen molar-refractivity contribution in [1.29, 1.82) is 0 Å². The van der Waals surface area contributed by atoms with E-state index in [2.05, 4.69) is 10.6 Å². The van der Waals surface area contributed by atoms with Crippen molar-refractivity contribution >= 4 is 29.3 Å². The molecule has 160 valence electrons. The van der Waals surface area contributed by atoms with Gasteiger partial charge in [-0.25, -0.2) is 0 Å². The fourth-order valence-corrected chi connectivity index (χ4v) is 3.49. The second kappa shape index (κ2) is 10.6. The lowest BCUT2D eigenvalue weighted by atomic mass is 10.0. The molecule has 1 unspecified atom stereocenters. The van der Waals surface area contributed by atoms with Crippen LogP contribution in [0, 0.1) is 5.92 Å². The normalized spacial score (nSPS) is 16.0. The van der Waals surface area contributed by atoms with Crippen molar-refractivity contribution in [3.8, 4) is 0 Å². The molecule has 1 aliphatic rings. The molecule has 0 aliphatic carbocycles. The van der Waals surface area contributed by atoms with Crippen molar-refractivity contribution in [3.63, 3.8) is 0 Å². The standard InChI is InChI=1S/C21H31ClN4O3/c1-14(2)19(24-20(28)16-7-5-6-8-17(16)22)21(29)26-11-9-25(10-12-26)13-18(27)23-15(3)4/h5-8,14-15,19H,9-13H2,1-4H3,(H,23,27)(H,24,28). The van der Waals surface area contributed by atoms with E-state index in [4.69, 9.17) is 11.6 Å². The van der Waals surface area contributed by atoms with Crippen LogP contribution in [0.5, 0.6) is 0 Å². The molecule has 8 heteroatoms. The molecule has 3 amide bonds. The molecule has 7 nitrogen and oxygen atoms in total. The molecule has 29 heavy (non-hydrogen) atoms. The van der Waals surface area contributed by atoms with E-state index < -0.39 is 6.04 Å². The van der Waals surface area contributed by atoms with E-state index >= 15 is 0 Å². The number of nitrogens with zero attached hydrogens (tertiary/aromatic N) is 2. The van der Waals surface area contributed by atoms with E-state index in [0.717, 1.165) is 0 Å². The molecule has 0 bridgehead atoms. The SMILES string of the molecule is CC(C)NC(=O)CN1CCN(C(=O)C(NC(=O)c2ccccc2Cl)C(C)C)CC1. The summed E-state index contributed by atoms with van der Waals surface area (Å²) < 4.78 is 0. The lowest BCUT2D eigenvalue weighted by Crippen LogP contribution is -2.57. The molecule has 0 saturated carbocycles. The minimum atomic E-state index is -0.630. The second-order valence-corrected chi connectivity index (χ2v) is 8.41. The Kier molecular flexibility index (Phi) is 8.46. The minimum Gasteiger partial charge on any atom is -0.353 e. The first-order valence-electron chi connectivity index (χ1n) is 10.0. The summed E-state index contributed by atoms with van der Waals surface area (Å²) in [5, 5.41) is 6.08. The summed E-state index contributed by atoms with van der Waals surface area (Å²) in [6.07, 6.45) is 0. The van der Waals surface area contributed by atoms with E-state index in [1.165, 1.54) is 0 Å². The Morgan fingerprint density at radius 3 is 2.17 bits per heavy atom. The van der Waals surface area contributed by atoms with E-state index in [-0.39, 0.29) is 29.7 Å². The molecule has 1 atom stereocenters. The van der Waals surface area contributed by atoms with Gasteiger partial charge in [-0.05, 0) is 31.9 Å². The maximum atomic E-state index is 13.0.